The molecule has 0 saturated heterocycles. The highest BCUT2D eigenvalue weighted by molar-refractivity contribution is 5.71. The number of hydrogen-bond acceptors (Lipinski definition) is 4. The topological polar surface area (TPSA) is 44.8 Å². The van der Waals surface area contributed by atoms with Gasteiger partial charge in [-0.3, -0.25) is 0 Å². The van der Waals surface area contributed by atoms with E-state index in [0.29, 0.717) is 6.61 Å². The molecular weight excluding hydrogens is 352 g/mol. The summed E-state index contributed by atoms with van der Waals surface area (Å²) in [6.45, 7) is 8.23. The lowest BCUT2D eigenvalue weighted by Crippen LogP contribution is -2.26. The molecular formula is C24H32O4. The van der Waals surface area contributed by atoms with E-state index in [1.807, 2.05) is 57.2 Å². The van der Waals surface area contributed by atoms with Gasteiger partial charge in [0.1, 0.15) is 23.7 Å². The maximum Gasteiger partial charge on any atom is 0.332 e. The van der Waals surface area contributed by atoms with E-state index in [-0.39, 0.29) is 12.6 Å². The second kappa shape index (κ2) is 10.9. The summed E-state index contributed by atoms with van der Waals surface area (Å²) in [7, 11) is 0. The molecule has 0 aliphatic heterocycles. The second-order valence-corrected chi connectivity index (χ2v) is 8.01. The van der Waals surface area contributed by atoms with Gasteiger partial charge in [0.05, 0.1) is 0 Å². The number of unbranched alkanes of at least 4 members (excludes halogenated alkanes) is 2. The van der Waals surface area contributed by atoms with Crippen LogP contribution in [-0.2, 0) is 20.7 Å². The predicted molar refractivity (Wildman–Crippen MR) is 112 cm³/mol. The van der Waals surface area contributed by atoms with Crippen molar-refractivity contribution in [2.75, 3.05) is 13.2 Å². The van der Waals surface area contributed by atoms with E-state index >= 15 is 0 Å². The van der Waals surface area contributed by atoms with Crippen molar-refractivity contribution in [1.82, 2.24) is 0 Å². The minimum absolute atomic E-state index is 0.0275. The van der Waals surface area contributed by atoms with Crippen LogP contribution in [0.25, 0.3) is 0 Å². The lowest BCUT2D eigenvalue weighted by molar-refractivity contribution is -0.160. The Kier molecular flexibility index (Phi) is 8.52. The fourth-order valence-corrected chi connectivity index (χ4v) is 2.70. The van der Waals surface area contributed by atoms with Crippen LogP contribution in [0.1, 0.15) is 51.2 Å². The van der Waals surface area contributed by atoms with E-state index in [4.69, 9.17) is 14.2 Å². The van der Waals surface area contributed by atoms with E-state index in [2.05, 4.69) is 19.1 Å². The first-order chi connectivity index (χ1) is 13.3. The number of carbonyl (C=O) groups excluding carboxylic acids is 1. The third-order valence-electron chi connectivity index (χ3n) is 4.07. The number of ether oxygens (including phenoxy) is 3. The van der Waals surface area contributed by atoms with Crippen LogP contribution in [-0.4, -0.2) is 24.8 Å². The van der Waals surface area contributed by atoms with Crippen molar-refractivity contribution in [3.05, 3.63) is 59.7 Å². The summed E-state index contributed by atoms with van der Waals surface area (Å²) < 4.78 is 16.4. The normalized spacial score (nSPS) is 11.3. The van der Waals surface area contributed by atoms with E-state index in [0.717, 1.165) is 37.2 Å². The van der Waals surface area contributed by atoms with Gasteiger partial charge in [0, 0.05) is 6.61 Å². The molecule has 0 amide bonds. The van der Waals surface area contributed by atoms with Crippen LogP contribution < -0.4 is 4.74 Å². The summed E-state index contributed by atoms with van der Waals surface area (Å²) in [4.78, 5) is 11.5. The Morgan fingerprint density at radius 1 is 0.857 bits per heavy atom. The van der Waals surface area contributed by atoms with Gasteiger partial charge >= 0.3 is 5.97 Å². The Morgan fingerprint density at radius 3 is 2.07 bits per heavy atom. The molecule has 0 atom stereocenters. The summed E-state index contributed by atoms with van der Waals surface area (Å²) in [5, 5.41) is 0. The summed E-state index contributed by atoms with van der Waals surface area (Å²) in [5.74, 6) is 1.40. The van der Waals surface area contributed by atoms with Gasteiger partial charge in [-0.15, -0.1) is 0 Å². The average molecular weight is 385 g/mol. The molecule has 0 N–H and O–H groups in total. The molecule has 0 aliphatic rings. The monoisotopic (exact) mass is 384 g/mol. The molecule has 0 radical (unpaired) electrons. The van der Waals surface area contributed by atoms with Crippen LogP contribution in [0.15, 0.2) is 48.5 Å². The number of esters is 1. The Morgan fingerprint density at radius 2 is 1.46 bits per heavy atom. The number of rotatable bonds is 10. The van der Waals surface area contributed by atoms with Crippen LogP contribution >= 0.6 is 0 Å². The number of aryl methyl sites for hydroxylation is 2. The third-order valence-corrected chi connectivity index (χ3v) is 4.07. The first-order valence-corrected chi connectivity index (χ1v) is 9.95. The van der Waals surface area contributed by atoms with Crippen LogP contribution in [0, 0.1) is 6.92 Å². The summed E-state index contributed by atoms with van der Waals surface area (Å²) in [6, 6.07) is 16.3. The Bertz CT molecular complexity index is 712. The molecule has 0 unspecified atom stereocenters. The van der Waals surface area contributed by atoms with Crippen molar-refractivity contribution in [2.45, 2.75) is 59.0 Å². The van der Waals surface area contributed by atoms with E-state index in [1.54, 1.807) is 0 Å². The summed E-state index contributed by atoms with van der Waals surface area (Å²) in [6.07, 6.45) is 4.12. The van der Waals surface area contributed by atoms with Crippen LogP contribution in [0.3, 0.4) is 0 Å². The Balaban J connectivity index is 1.58. The number of benzene rings is 2. The molecule has 0 aromatic heterocycles. The zero-order chi connectivity index (χ0) is 20.4. The lowest BCUT2D eigenvalue weighted by Gasteiger charge is -2.19. The number of carbonyl (C=O) groups is 1. The van der Waals surface area contributed by atoms with Gasteiger partial charge in [0.25, 0.3) is 0 Å². The van der Waals surface area contributed by atoms with E-state index in [1.165, 1.54) is 11.1 Å². The smallest absolute Gasteiger partial charge is 0.332 e. The van der Waals surface area contributed by atoms with Crippen molar-refractivity contribution in [1.29, 1.82) is 0 Å². The van der Waals surface area contributed by atoms with Crippen LogP contribution in [0.4, 0.5) is 0 Å². The predicted octanol–water partition coefficient (Wildman–Crippen LogP) is 5.86. The molecule has 28 heavy (non-hydrogen) atoms. The largest absolute Gasteiger partial charge is 0.458 e. The molecule has 0 saturated carbocycles. The summed E-state index contributed by atoms with van der Waals surface area (Å²) in [5.41, 5.74) is 2.06. The van der Waals surface area contributed by atoms with Gasteiger partial charge in [-0.05, 0) is 76.8 Å². The molecule has 4 nitrogen and oxygen atoms in total. The zero-order valence-corrected chi connectivity index (χ0v) is 17.5. The highest BCUT2D eigenvalue weighted by Crippen LogP contribution is 2.22. The first-order valence-electron chi connectivity index (χ1n) is 9.95. The highest BCUT2D eigenvalue weighted by Gasteiger charge is 2.15. The molecule has 2 aromatic carbocycles. The molecule has 0 aliphatic carbocycles. The molecule has 0 fully saturated rings. The molecule has 4 heteroatoms. The molecule has 0 spiro atoms. The lowest BCUT2D eigenvalue weighted by atomic mass is 10.1. The van der Waals surface area contributed by atoms with Gasteiger partial charge in [0.2, 0.25) is 0 Å². The van der Waals surface area contributed by atoms with Crippen molar-refractivity contribution >= 4 is 5.97 Å². The molecule has 0 heterocycles. The SMILES string of the molecule is Cc1ccc(Oc2ccc(CCCCCOCC(=O)OC(C)(C)C)cc2)cc1. The fraction of sp³-hybridized carbons (Fsp3) is 0.458. The minimum Gasteiger partial charge on any atom is -0.458 e. The van der Waals surface area contributed by atoms with Gasteiger partial charge in [-0.25, -0.2) is 4.79 Å². The molecule has 152 valence electrons. The highest BCUT2D eigenvalue weighted by atomic mass is 16.6. The fourth-order valence-electron chi connectivity index (χ4n) is 2.70. The maximum atomic E-state index is 11.5. The second-order valence-electron chi connectivity index (χ2n) is 8.01. The van der Waals surface area contributed by atoms with Gasteiger partial charge in [-0.1, -0.05) is 36.2 Å². The third kappa shape index (κ3) is 9.05. The maximum absolute atomic E-state index is 11.5. The summed E-state index contributed by atoms with van der Waals surface area (Å²) >= 11 is 0. The van der Waals surface area contributed by atoms with Crippen LogP contribution in [0.2, 0.25) is 0 Å². The molecule has 0 bridgehead atoms. The van der Waals surface area contributed by atoms with Gasteiger partial charge in [0.15, 0.2) is 0 Å². The van der Waals surface area contributed by atoms with E-state index in [9.17, 15) is 4.79 Å². The van der Waals surface area contributed by atoms with Crippen molar-refractivity contribution in [3.8, 4) is 11.5 Å². The standard InChI is InChI=1S/C24H32O4/c1-19-9-13-21(14-10-19)27-22-15-11-20(12-16-22)8-6-5-7-17-26-18-23(25)28-24(2,3)4/h9-16H,5-8,17-18H2,1-4H3. The van der Waals surface area contributed by atoms with Gasteiger partial charge < -0.3 is 14.2 Å². The quantitative estimate of drug-likeness (QED) is 0.380. The average Bonchev–Trinajstić information content (AvgIpc) is 2.63. The van der Waals surface area contributed by atoms with E-state index < -0.39 is 5.60 Å². The minimum atomic E-state index is -0.457. The number of hydrogen-bond donors (Lipinski definition) is 0. The van der Waals surface area contributed by atoms with Crippen molar-refractivity contribution < 1.29 is 19.0 Å². The van der Waals surface area contributed by atoms with Crippen molar-refractivity contribution in [2.24, 2.45) is 0 Å². The molecule has 2 aromatic rings. The first kappa shape index (κ1) is 22.0. The Hall–Kier alpha value is -2.33. The van der Waals surface area contributed by atoms with Gasteiger partial charge in [-0.2, -0.15) is 0 Å². The van der Waals surface area contributed by atoms with Crippen molar-refractivity contribution in [3.63, 3.8) is 0 Å². The van der Waals surface area contributed by atoms with Crippen LogP contribution in [0.5, 0.6) is 11.5 Å². The zero-order valence-electron chi connectivity index (χ0n) is 17.5. The molecule has 2 rings (SSSR count). The Labute approximate surface area is 168 Å².